The van der Waals surface area contributed by atoms with Crippen molar-refractivity contribution in [1.82, 2.24) is 9.80 Å². The number of rotatable bonds is 2. The van der Waals surface area contributed by atoms with E-state index in [0.717, 1.165) is 37.8 Å². The SMILES string of the molecule is Cc1ccc(C(=O)N2CCN(C3CC3)CC2)cc1. The van der Waals surface area contributed by atoms with Gasteiger partial charge in [-0.05, 0) is 31.9 Å². The third kappa shape index (κ3) is 2.41. The van der Waals surface area contributed by atoms with E-state index in [1.807, 2.05) is 36.1 Å². The van der Waals surface area contributed by atoms with E-state index < -0.39 is 0 Å². The Morgan fingerprint density at radius 3 is 2.22 bits per heavy atom. The van der Waals surface area contributed by atoms with E-state index in [9.17, 15) is 4.79 Å². The molecule has 3 rings (SSSR count). The van der Waals surface area contributed by atoms with Gasteiger partial charge in [-0.25, -0.2) is 0 Å². The van der Waals surface area contributed by atoms with Gasteiger partial charge in [-0.3, -0.25) is 9.69 Å². The number of benzene rings is 1. The first kappa shape index (κ1) is 11.7. The first-order chi connectivity index (χ1) is 8.74. The maximum Gasteiger partial charge on any atom is 0.253 e. The minimum Gasteiger partial charge on any atom is -0.336 e. The van der Waals surface area contributed by atoms with Gasteiger partial charge >= 0.3 is 0 Å². The highest BCUT2D eigenvalue weighted by Gasteiger charge is 2.32. The summed E-state index contributed by atoms with van der Waals surface area (Å²) < 4.78 is 0. The lowest BCUT2D eigenvalue weighted by Crippen LogP contribution is -2.49. The molecule has 2 fully saturated rings. The number of aryl methyl sites for hydroxylation is 1. The van der Waals surface area contributed by atoms with Crippen molar-refractivity contribution in [3.05, 3.63) is 35.4 Å². The number of amides is 1. The lowest BCUT2D eigenvalue weighted by molar-refractivity contribution is 0.0627. The Bertz CT molecular complexity index is 428. The molecule has 1 aromatic rings. The Kier molecular flexibility index (Phi) is 3.08. The van der Waals surface area contributed by atoms with Crippen LogP contribution in [-0.4, -0.2) is 47.9 Å². The van der Waals surface area contributed by atoms with E-state index in [2.05, 4.69) is 4.90 Å². The third-order valence-corrected chi connectivity index (χ3v) is 3.96. The summed E-state index contributed by atoms with van der Waals surface area (Å²) in [6.07, 6.45) is 2.71. The van der Waals surface area contributed by atoms with Gasteiger partial charge in [0.05, 0.1) is 0 Å². The van der Waals surface area contributed by atoms with Crippen LogP contribution in [0.25, 0.3) is 0 Å². The normalized spacial score (nSPS) is 21.1. The van der Waals surface area contributed by atoms with E-state index in [0.29, 0.717) is 0 Å². The number of carbonyl (C=O) groups excluding carboxylic acids is 1. The van der Waals surface area contributed by atoms with Crippen LogP contribution in [0.3, 0.4) is 0 Å². The van der Waals surface area contributed by atoms with E-state index in [-0.39, 0.29) is 5.91 Å². The summed E-state index contributed by atoms with van der Waals surface area (Å²) in [6, 6.07) is 8.71. The molecular formula is C15H20N2O. The summed E-state index contributed by atoms with van der Waals surface area (Å²) in [6.45, 7) is 5.89. The summed E-state index contributed by atoms with van der Waals surface area (Å²) >= 11 is 0. The molecule has 1 aliphatic carbocycles. The number of hydrogen-bond donors (Lipinski definition) is 0. The molecule has 1 amide bonds. The molecule has 0 bridgehead atoms. The second-order valence-electron chi connectivity index (χ2n) is 5.43. The summed E-state index contributed by atoms with van der Waals surface area (Å²) in [5.41, 5.74) is 2.02. The van der Waals surface area contributed by atoms with Crippen molar-refractivity contribution in [2.24, 2.45) is 0 Å². The standard InChI is InChI=1S/C15H20N2O/c1-12-2-4-13(5-3-12)15(18)17-10-8-16(9-11-17)14-6-7-14/h2-5,14H,6-11H2,1H3. The Morgan fingerprint density at radius 1 is 1.06 bits per heavy atom. The van der Waals surface area contributed by atoms with Crippen molar-refractivity contribution in [1.29, 1.82) is 0 Å². The van der Waals surface area contributed by atoms with Gasteiger partial charge < -0.3 is 4.90 Å². The molecule has 1 saturated heterocycles. The van der Waals surface area contributed by atoms with E-state index >= 15 is 0 Å². The van der Waals surface area contributed by atoms with Crippen LogP contribution in [-0.2, 0) is 0 Å². The summed E-state index contributed by atoms with van der Waals surface area (Å²) in [5, 5.41) is 0. The molecule has 1 saturated carbocycles. The molecule has 0 N–H and O–H groups in total. The summed E-state index contributed by atoms with van der Waals surface area (Å²) in [7, 11) is 0. The second kappa shape index (κ2) is 4.73. The maximum atomic E-state index is 12.3. The number of piperazine rings is 1. The third-order valence-electron chi connectivity index (χ3n) is 3.96. The molecule has 1 aliphatic heterocycles. The highest BCUT2D eigenvalue weighted by atomic mass is 16.2. The molecule has 0 aromatic heterocycles. The monoisotopic (exact) mass is 244 g/mol. The maximum absolute atomic E-state index is 12.3. The Balaban J connectivity index is 1.61. The fourth-order valence-corrected chi connectivity index (χ4v) is 2.61. The Labute approximate surface area is 108 Å². The highest BCUT2D eigenvalue weighted by Crippen LogP contribution is 2.27. The molecule has 3 heteroatoms. The van der Waals surface area contributed by atoms with Crippen LogP contribution in [0.1, 0.15) is 28.8 Å². The van der Waals surface area contributed by atoms with Crippen LogP contribution in [0.4, 0.5) is 0 Å². The van der Waals surface area contributed by atoms with Crippen molar-refractivity contribution >= 4 is 5.91 Å². The smallest absolute Gasteiger partial charge is 0.253 e. The van der Waals surface area contributed by atoms with Crippen molar-refractivity contribution in [2.45, 2.75) is 25.8 Å². The van der Waals surface area contributed by atoms with Crippen molar-refractivity contribution < 1.29 is 4.79 Å². The van der Waals surface area contributed by atoms with Gasteiger partial charge in [0, 0.05) is 37.8 Å². The zero-order chi connectivity index (χ0) is 12.5. The van der Waals surface area contributed by atoms with Gasteiger partial charge in [-0.2, -0.15) is 0 Å². The van der Waals surface area contributed by atoms with Crippen molar-refractivity contribution in [3.8, 4) is 0 Å². The number of nitrogens with zero attached hydrogens (tertiary/aromatic N) is 2. The molecule has 0 spiro atoms. The van der Waals surface area contributed by atoms with E-state index in [1.165, 1.54) is 18.4 Å². The van der Waals surface area contributed by atoms with Gasteiger partial charge in [0.1, 0.15) is 0 Å². The fraction of sp³-hybridized carbons (Fsp3) is 0.533. The predicted octanol–water partition coefficient (Wildman–Crippen LogP) is 1.92. The molecule has 2 aliphatic rings. The molecule has 96 valence electrons. The second-order valence-corrected chi connectivity index (χ2v) is 5.43. The van der Waals surface area contributed by atoms with Gasteiger partial charge in [0.25, 0.3) is 5.91 Å². The molecule has 1 aromatic carbocycles. The number of carbonyl (C=O) groups is 1. The lowest BCUT2D eigenvalue weighted by atomic mass is 10.1. The van der Waals surface area contributed by atoms with Crippen LogP contribution < -0.4 is 0 Å². The van der Waals surface area contributed by atoms with Gasteiger partial charge in [0.2, 0.25) is 0 Å². The first-order valence-corrected chi connectivity index (χ1v) is 6.84. The molecule has 0 atom stereocenters. The summed E-state index contributed by atoms with van der Waals surface area (Å²) in [5.74, 6) is 0.186. The minimum atomic E-state index is 0.186. The van der Waals surface area contributed by atoms with Gasteiger partial charge in [-0.1, -0.05) is 17.7 Å². The van der Waals surface area contributed by atoms with Crippen LogP contribution >= 0.6 is 0 Å². The van der Waals surface area contributed by atoms with Gasteiger partial charge in [0.15, 0.2) is 0 Å². The Morgan fingerprint density at radius 2 is 1.67 bits per heavy atom. The lowest BCUT2D eigenvalue weighted by Gasteiger charge is -2.34. The summed E-state index contributed by atoms with van der Waals surface area (Å²) in [4.78, 5) is 16.8. The minimum absolute atomic E-state index is 0.186. The quantitative estimate of drug-likeness (QED) is 0.793. The zero-order valence-electron chi connectivity index (χ0n) is 10.9. The van der Waals surface area contributed by atoms with Crippen molar-refractivity contribution in [2.75, 3.05) is 26.2 Å². The number of hydrogen-bond acceptors (Lipinski definition) is 2. The molecule has 1 heterocycles. The topological polar surface area (TPSA) is 23.6 Å². The highest BCUT2D eigenvalue weighted by molar-refractivity contribution is 5.94. The molecule has 0 unspecified atom stereocenters. The molecule has 3 nitrogen and oxygen atoms in total. The van der Waals surface area contributed by atoms with E-state index in [4.69, 9.17) is 0 Å². The van der Waals surface area contributed by atoms with Crippen molar-refractivity contribution in [3.63, 3.8) is 0 Å². The van der Waals surface area contributed by atoms with E-state index in [1.54, 1.807) is 0 Å². The molecule has 18 heavy (non-hydrogen) atoms. The first-order valence-electron chi connectivity index (χ1n) is 6.84. The fourth-order valence-electron chi connectivity index (χ4n) is 2.61. The van der Waals surface area contributed by atoms with Crippen LogP contribution in [0, 0.1) is 6.92 Å². The molecular weight excluding hydrogens is 224 g/mol. The van der Waals surface area contributed by atoms with Crippen LogP contribution in [0.2, 0.25) is 0 Å². The Hall–Kier alpha value is -1.35. The molecule has 0 radical (unpaired) electrons. The zero-order valence-corrected chi connectivity index (χ0v) is 10.9. The van der Waals surface area contributed by atoms with Crippen LogP contribution in [0.5, 0.6) is 0 Å². The largest absolute Gasteiger partial charge is 0.336 e. The van der Waals surface area contributed by atoms with Gasteiger partial charge in [-0.15, -0.1) is 0 Å². The van der Waals surface area contributed by atoms with Crippen LogP contribution in [0.15, 0.2) is 24.3 Å². The average Bonchev–Trinajstić information content (AvgIpc) is 3.23. The average molecular weight is 244 g/mol. The predicted molar refractivity (Wildman–Crippen MR) is 71.7 cm³/mol.